The van der Waals surface area contributed by atoms with Gasteiger partial charge >= 0.3 is 6.09 Å². The number of aromatic amines is 2. The van der Waals surface area contributed by atoms with Crippen LogP contribution < -0.4 is 37.1 Å². The van der Waals surface area contributed by atoms with Crippen molar-refractivity contribution in [1.29, 1.82) is 0 Å². The van der Waals surface area contributed by atoms with Crippen molar-refractivity contribution in [3.05, 3.63) is 156 Å². The lowest BCUT2D eigenvalue weighted by Crippen LogP contribution is -2.60. The molecule has 2 heterocycles. The third-order valence-corrected chi connectivity index (χ3v) is 11.7. The molecule has 1 saturated carbocycles. The predicted molar refractivity (Wildman–Crippen MR) is 255 cm³/mol. The number of amides is 6. The van der Waals surface area contributed by atoms with Crippen LogP contribution in [0, 0.1) is 0 Å². The number of alkyl carbamates (subject to hydrolysis) is 1. The first-order valence-corrected chi connectivity index (χ1v) is 22.8. The Morgan fingerprint density at radius 3 is 1.88 bits per heavy atom. The van der Waals surface area contributed by atoms with E-state index in [0.717, 1.165) is 28.5 Å². The average molecular weight is 940 g/mol. The zero-order valence-corrected chi connectivity index (χ0v) is 38.2. The molecule has 69 heavy (non-hydrogen) atoms. The molecule has 0 unspecified atom stereocenters. The quantitative estimate of drug-likeness (QED) is 0.0435. The molecule has 1 fully saturated rings. The second-order valence-electron chi connectivity index (χ2n) is 16.9. The first-order chi connectivity index (χ1) is 33.5. The van der Waals surface area contributed by atoms with Crippen LogP contribution in [0.2, 0.25) is 0 Å². The molecule has 6 aromatic rings. The number of rotatable bonds is 24. The van der Waals surface area contributed by atoms with E-state index in [2.05, 4.69) is 41.5 Å². The van der Waals surface area contributed by atoms with Crippen LogP contribution in [0.1, 0.15) is 54.1 Å². The number of nitrogens with zero attached hydrogens (tertiary/aromatic N) is 1. The molecule has 360 valence electrons. The number of aromatic nitrogens is 3. The van der Waals surface area contributed by atoms with Crippen molar-refractivity contribution in [2.24, 2.45) is 5.73 Å². The van der Waals surface area contributed by atoms with Crippen LogP contribution in [0.4, 0.5) is 4.79 Å². The summed E-state index contributed by atoms with van der Waals surface area (Å²) in [6.45, 7) is 1.49. The summed E-state index contributed by atoms with van der Waals surface area (Å²) < 4.78 is 17.5. The largest absolute Gasteiger partial charge is 0.489 e. The van der Waals surface area contributed by atoms with Crippen LogP contribution in [0.5, 0.6) is 5.75 Å². The summed E-state index contributed by atoms with van der Waals surface area (Å²) in [6, 6.07) is 27.1. The summed E-state index contributed by atoms with van der Waals surface area (Å²) in [5.74, 6) is -3.16. The third-order valence-electron chi connectivity index (χ3n) is 11.7. The van der Waals surface area contributed by atoms with E-state index in [-0.39, 0.29) is 38.6 Å². The number of fused-ring (bicyclic) bond motifs is 1. The molecular weight excluding hydrogens is 883 g/mol. The molecule has 18 heteroatoms. The molecule has 1 aliphatic rings. The first-order valence-electron chi connectivity index (χ1n) is 22.8. The number of imidazole rings is 1. The van der Waals surface area contributed by atoms with Crippen molar-refractivity contribution in [2.75, 3.05) is 6.61 Å². The Balaban J connectivity index is 1.15. The minimum Gasteiger partial charge on any atom is -0.489 e. The highest BCUT2D eigenvalue weighted by Crippen LogP contribution is 2.23. The lowest BCUT2D eigenvalue weighted by molar-refractivity contribution is -0.135. The highest BCUT2D eigenvalue weighted by molar-refractivity contribution is 5.97. The van der Waals surface area contributed by atoms with Gasteiger partial charge in [-0.25, -0.2) is 9.78 Å². The third kappa shape index (κ3) is 14.5. The van der Waals surface area contributed by atoms with Crippen molar-refractivity contribution in [3.63, 3.8) is 0 Å². The van der Waals surface area contributed by atoms with E-state index >= 15 is 0 Å². The van der Waals surface area contributed by atoms with Gasteiger partial charge < -0.3 is 56.5 Å². The Morgan fingerprint density at radius 2 is 1.25 bits per heavy atom. The summed E-state index contributed by atoms with van der Waals surface area (Å²) in [5.41, 5.74) is 9.94. The zero-order chi connectivity index (χ0) is 48.5. The van der Waals surface area contributed by atoms with Crippen LogP contribution >= 0.6 is 0 Å². The highest BCUT2D eigenvalue weighted by atomic mass is 16.6. The summed E-state index contributed by atoms with van der Waals surface area (Å²) in [4.78, 5) is 92.6. The summed E-state index contributed by atoms with van der Waals surface area (Å²) in [6.07, 6.45) is 5.93. The van der Waals surface area contributed by atoms with E-state index in [1.54, 1.807) is 30.5 Å². The number of nitrogens with two attached hydrogens (primary N) is 1. The minimum atomic E-state index is -1.42. The number of carbonyl (C=O) groups is 6. The maximum absolute atomic E-state index is 14.7. The number of hydrogen-bond donors (Lipinski definition) is 8. The van der Waals surface area contributed by atoms with Gasteiger partial charge in [-0.05, 0) is 66.6 Å². The molecule has 2 aromatic heterocycles. The fourth-order valence-electron chi connectivity index (χ4n) is 7.53. The lowest BCUT2D eigenvalue weighted by atomic mass is 9.96. The van der Waals surface area contributed by atoms with E-state index in [0.29, 0.717) is 42.0 Å². The van der Waals surface area contributed by atoms with Gasteiger partial charge in [0.15, 0.2) is 0 Å². The summed E-state index contributed by atoms with van der Waals surface area (Å²) in [5, 5.41) is 14.4. The molecule has 6 amide bonds. The maximum atomic E-state index is 14.7. The standard InChI is InChI=1S/C51H57N9O9/c1-32(46(52)61)56-47(62)43(24-36-26-54-41-18-9-8-17-40(36)41)58-50(65)45(30-67-28-34-11-4-2-5-12-34)59-48(63)42(23-33-19-21-38(22-20-33)68-29-35-13-6-3-7-14-35)57-49(64)44(25-37-27-53-31-55-37)60-51(66)69-39-15-10-16-39/h2-9,11-14,17-22,26-27,31-32,39,42-45,54H,10,15-16,23-25,28-30H2,1H3,(H2,52,61)(H,53,55)(H,56,62)(H,57,64)(H,58,65)(H,59,63)(H,60,66)/t32-,42+,43+,44+,45+/m0/s1. The highest BCUT2D eigenvalue weighted by Gasteiger charge is 2.34. The van der Waals surface area contributed by atoms with E-state index in [1.807, 2.05) is 84.9 Å². The van der Waals surface area contributed by atoms with E-state index in [1.165, 1.54) is 19.4 Å². The Bertz CT molecular complexity index is 2640. The van der Waals surface area contributed by atoms with Crippen LogP contribution in [0.25, 0.3) is 10.9 Å². The number of nitrogens with one attached hydrogen (secondary N) is 7. The second-order valence-corrected chi connectivity index (χ2v) is 16.9. The minimum absolute atomic E-state index is 0.00372. The Hall–Kier alpha value is -7.99. The van der Waals surface area contributed by atoms with Gasteiger partial charge in [-0.3, -0.25) is 24.0 Å². The Kier molecular flexibility index (Phi) is 17.1. The molecule has 0 aliphatic heterocycles. The van der Waals surface area contributed by atoms with Gasteiger partial charge in [-0.2, -0.15) is 0 Å². The monoisotopic (exact) mass is 939 g/mol. The molecular formula is C51H57N9O9. The molecule has 0 radical (unpaired) electrons. The SMILES string of the molecule is C[C@H](NC(=O)[C@@H](Cc1c[nH]c2ccccc12)NC(=O)[C@@H](COCc1ccccc1)NC(=O)[C@@H](Cc1ccc(OCc2ccccc2)cc1)NC(=O)[C@@H](Cc1cnc[nH]1)NC(=O)OC1CCC1)C(N)=O. The number of H-pyrrole nitrogens is 2. The summed E-state index contributed by atoms with van der Waals surface area (Å²) >= 11 is 0. The van der Waals surface area contributed by atoms with Crippen molar-refractivity contribution in [1.82, 2.24) is 41.5 Å². The molecule has 0 saturated heterocycles. The van der Waals surface area contributed by atoms with Gasteiger partial charge in [0.2, 0.25) is 29.5 Å². The number of hydrogen-bond acceptors (Lipinski definition) is 10. The van der Waals surface area contributed by atoms with Crippen LogP contribution in [-0.2, 0) is 65.9 Å². The first kappa shape index (κ1) is 48.9. The van der Waals surface area contributed by atoms with Crippen molar-refractivity contribution in [2.45, 2.75) is 95.0 Å². The fraction of sp³-hybridized carbons (Fsp3) is 0.314. The van der Waals surface area contributed by atoms with Crippen molar-refractivity contribution >= 4 is 46.5 Å². The Morgan fingerprint density at radius 1 is 0.652 bits per heavy atom. The van der Waals surface area contributed by atoms with Gasteiger partial charge in [0.25, 0.3) is 0 Å². The summed E-state index contributed by atoms with van der Waals surface area (Å²) in [7, 11) is 0. The van der Waals surface area contributed by atoms with Gasteiger partial charge in [0, 0.05) is 48.3 Å². The van der Waals surface area contributed by atoms with Crippen molar-refractivity contribution in [3.8, 4) is 5.75 Å². The average Bonchev–Trinajstić information content (AvgIpc) is 4.02. The number of primary amides is 1. The van der Waals surface area contributed by atoms with Crippen LogP contribution in [0.15, 0.2) is 128 Å². The molecule has 0 spiro atoms. The molecule has 5 atom stereocenters. The van der Waals surface area contributed by atoms with Gasteiger partial charge in [0.1, 0.15) is 48.7 Å². The van der Waals surface area contributed by atoms with E-state index in [9.17, 15) is 28.8 Å². The van der Waals surface area contributed by atoms with Crippen LogP contribution in [0.3, 0.4) is 0 Å². The number of benzene rings is 4. The predicted octanol–water partition coefficient (Wildman–Crippen LogP) is 3.81. The van der Waals surface area contributed by atoms with E-state index < -0.39 is 65.8 Å². The zero-order valence-electron chi connectivity index (χ0n) is 38.2. The molecule has 18 nitrogen and oxygen atoms in total. The number of para-hydroxylation sites is 1. The lowest BCUT2D eigenvalue weighted by Gasteiger charge is -2.28. The van der Waals surface area contributed by atoms with E-state index in [4.69, 9.17) is 19.9 Å². The number of carbonyl (C=O) groups excluding carboxylic acids is 6. The molecule has 0 bridgehead atoms. The number of ether oxygens (including phenoxy) is 3. The second kappa shape index (κ2) is 24.2. The topological polar surface area (TPSA) is 261 Å². The molecule has 4 aromatic carbocycles. The Labute approximate surface area is 398 Å². The van der Waals surface area contributed by atoms with Gasteiger partial charge in [0.05, 0.1) is 19.5 Å². The molecule has 9 N–H and O–H groups in total. The molecule has 7 rings (SSSR count). The van der Waals surface area contributed by atoms with Gasteiger partial charge in [-0.1, -0.05) is 91.0 Å². The van der Waals surface area contributed by atoms with Crippen molar-refractivity contribution < 1.29 is 43.0 Å². The smallest absolute Gasteiger partial charge is 0.408 e. The fourth-order valence-corrected chi connectivity index (χ4v) is 7.53. The molecule has 1 aliphatic carbocycles. The maximum Gasteiger partial charge on any atom is 0.408 e. The normalized spacial score (nSPS) is 14.4. The van der Waals surface area contributed by atoms with Crippen LogP contribution in [-0.4, -0.2) is 93.5 Å². The van der Waals surface area contributed by atoms with Gasteiger partial charge in [-0.15, -0.1) is 0 Å².